The molecular weight excluding hydrogens is 300 g/mol. The normalized spacial score (nSPS) is 12.1. The number of benzene rings is 2. The fourth-order valence-corrected chi connectivity index (χ4v) is 2.35. The van der Waals surface area contributed by atoms with Crippen molar-refractivity contribution < 1.29 is 4.74 Å². The Balaban J connectivity index is 1.89. The molecule has 6 heteroatoms. The molecule has 0 aliphatic carbocycles. The second-order valence-electron chi connectivity index (χ2n) is 4.81. The van der Waals surface area contributed by atoms with E-state index < -0.39 is 6.04 Å². The first kappa shape index (κ1) is 14.6. The van der Waals surface area contributed by atoms with Gasteiger partial charge in [0.05, 0.1) is 13.2 Å². The Hall–Kier alpha value is -2.37. The number of H-pyrrole nitrogens is 1. The van der Waals surface area contributed by atoms with Crippen molar-refractivity contribution in [2.75, 3.05) is 7.11 Å². The highest BCUT2D eigenvalue weighted by molar-refractivity contribution is 6.30. The number of hydrogen-bond donors (Lipinski definition) is 2. The predicted molar refractivity (Wildman–Crippen MR) is 85.9 cm³/mol. The van der Waals surface area contributed by atoms with E-state index in [1.807, 2.05) is 42.5 Å². The summed E-state index contributed by atoms with van der Waals surface area (Å²) in [6.07, 6.45) is 0. The number of nitrogens with two attached hydrogens (primary N) is 1. The van der Waals surface area contributed by atoms with Crippen LogP contribution in [0, 0.1) is 0 Å². The van der Waals surface area contributed by atoms with Crippen LogP contribution in [0.5, 0.6) is 5.75 Å². The van der Waals surface area contributed by atoms with Gasteiger partial charge in [-0.25, -0.2) is 4.98 Å². The van der Waals surface area contributed by atoms with Crippen molar-refractivity contribution in [2.24, 2.45) is 5.73 Å². The number of nitrogens with zero attached hydrogens (tertiary/aromatic N) is 2. The van der Waals surface area contributed by atoms with Gasteiger partial charge in [-0.05, 0) is 29.8 Å². The summed E-state index contributed by atoms with van der Waals surface area (Å²) in [5.41, 5.74) is 7.98. The minimum absolute atomic E-state index is 0.407. The van der Waals surface area contributed by atoms with E-state index in [0.29, 0.717) is 16.7 Å². The van der Waals surface area contributed by atoms with E-state index in [0.717, 1.165) is 16.9 Å². The number of hydrogen-bond acceptors (Lipinski definition) is 4. The molecule has 1 aromatic heterocycles. The van der Waals surface area contributed by atoms with E-state index in [4.69, 9.17) is 22.1 Å². The number of methoxy groups -OCH3 is 1. The van der Waals surface area contributed by atoms with Crippen molar-refractivity contribution >= 4 is 11.6 Å². The lowest BCUT2D eigenvalue weighted by molar-refractivity contribution is 0.414. The molecule has 0 fully saturated rings. The summed E-state index contributed by atoms with van der Waals surface area (Å²) in [4.78, 5) is 4.46. The molecule has 0 aliphatic rings. The molecule has 1 atom stereocenters. The van der Waals surface area contributed by atoms with Crippen LogP contribution in [-0.2, 0) is 0 Å². The molecule has 0 saturated carbocycles. The zero-order chi connectivity index (χ0) is 15.5. The van der Waals surface area contributed by atoms with Gasteiger partial charge in [-0.15, -0.1) is 0 Å². The summed E-state index contributed by atoms with van der Waals surface area (Å²) in [5.74, 6) is 1.90. The van der Waals surface area contributed by atoms with E-state index in [1.54, 1.807) is 13.2 Å². The summed E-state index contributed by atoms with van der Waals surface area (Å²) < 4.78 is 5.21. The summed E-state index contributed by atoms with van der Waals surface area (Å²) >= 11 is 5.99. The number of aromatic nitrogens is 3. The maximum Gasteiger partial charge on any atom is 0.181 e. The average molecular weight is 315 g/mol. The lowest BCUT2D eigenvalue weighted by Crippen LogP contribution is -2.13. The minimum Gasteiger partial charge on any atom is -0.497 e. The second kappa shape index (κ2) is 6.17. The van der Waals surface area contributed by atoms with Crippen molar-refractivity contribution in [3.63, 3.8) is 0 Å². The van der Waals surface area contributed by atoms with Crippen LogP contribution in [0.4, 0.5) is 0 Å². The molecule has 0 amide bonds. The van der Waals surface area contributed by atoms with Gasteiger partial charge in [0.25, 0.3) is 0 Å². The summed E-state index contributed by atoms with van der Waals surface area (Å²) in [6.45, 7) is 0. The van der Waals surface area contributed by atoms with Crippen molar-refractivity contribution in [2.45, 2.75) is 6.04 Å². The van der Waals surface area contributed by atoms with Gasteiger partial charge in [-0.3, -0.25) is 5.10 Å². The molecule has 0 saturated heterocycles. The minimum atomic E-state index is -0.407. The van der Waals surface area contributed by atoms with E-state index in [1.165, 1.54) is 0 Å². The Morgan fingerprint density at radius 2 is 2.00 bits per heavy atom. The molecule has 0 aliphatic heterocycles. The van der Waals surface area contributed by atoms with Gasteiger partial charge in [0.2, 0.25) is 0 Å². The molecule has 3 rings (SSSR count). The Morgan fingerprint density at radius 1 is 1.18 bits per heavy atom. The molecule has 0 radical (unpaired) electrons. The molecule has 0 spiro atoms. The lowest BCUT2D eigenvalue weighted by Gasteiger charge is -2.09. The molecule has 22 heavy (non-hydrogen) atoms. The van der Waals surface area contributed by atoms with Gasteiger partial charge in [-0.2, -0.15) is 5.10 Å². The van der Waals surface area contributed by atoms with E-state index in [9.17, 15) is 0 Å². The van der Waals surface area contributed by atoms with Crippen LogP contribution >= 0.6 is 11.6 Å². The largest absolute Gasteiger partial charge is 0.497 e. The van der Waals surface area contributed by atoms with Crippen molar-refractivity contribution in [1.29, 1.82) is 0 Å². The molecule has 5 nitrogen and oxygen atoms in total. The quantitative estimate of drug-likeness (QED) is 0.775. The van der Waals surface area contributed by atoms with Crippen LogP contribution in [0.1, 0.15) is 17.4 Å². The third-order valence-corrected chi connectivity index (χ3v) is 3.57. The zero-order valence-corrected chi connectivity index (χ0v) is 12.7. The second-order valence-corrected chi connectivity index (χ2v) is 5.25. The highest BCUT2D eigenvalue weighted by Gasteiger charge is 2.15. The maximum absolute atomic E-state index is 6.25. The van der Waals surface area contributed by atoms with Crippen molar-refractivity contribution in [3.8, 4) is 17.1 Å². The van der Waals surface area contributed by atoms with Crippen LogP contribution in [0.2, 0.25) is 5.02 Å². The first-order chi connectivity index (χ1) is 10.7. The Labute approximate surface area is 133 Å². The molecule has 0 unspecified atom stereocenters. The third-order valence-electron chi connectivity index (χ3n) is 3.33. The van der Waals surface area contributed by atoms with Crippen LogP contribution in [0.3, 0.4) is 0 Å². The standard InChI is InChI=1S/C16H15ClN4O/c1-22-13-7-3-4-10(9-13)14(18)16-19-15(20-21-16)11-5-2-6-12(17)8-11/h2-9,14H,18H2,1H3,(H,19,20,21)/t14-/m1/s1. The molecule has 112 valence electrons. The number of rotatable bonds is 4. The Bertz CT molecular complexity index is 787. The van der Waals surface area contributed by atoms with Crippen LogP contribution in [0.25, 0.3) is 11.4 Å². The van der Waals surface area contributed by atoms with Gasteiger partial charge >= 0.3 is 0 Å². The number of halogens is 1. The van der Waals surface area contributed by atoms with Crippen LogP contribution < -0.4 is 10.5 Å². The maximum atomic E-state index is 6.25. The van der Waals surface area contributed by atoms with Gasteiger partial charge in [-0.1, -0.05) is 35.9 Å². The molecule has 1 heterocycles. The highest BCUT2D eigenvalue weighted by atomic mass is 35.5. The third kappa shape index (κ3) is 2.95. The fourth-order valence-electron chi connectivity index (χ4n) is 2.16. The zero-order valence-electron chi connectivity index (χ0n) is 12.0. The Morgan fingerprint density at radius 3 is 2.77 bits per heavy atom. The fraction of sp³-hybridized carbons (Fsp3) is 0.125. The van der Waals surface area contributed by atoms with E-state index in [2.05, 4.69) is 15.2 Å². The highest BCUT2D eigenvalue weighted by Crippen LogP contribution is 2.24. The lowest BCUT2D eigenvalue weighted by atomic mass is 10.1. The van der Waals surface area contributed by atoms with E-state index >= 15 is 0 Å². The van der Waals surface area contributed by atoms with Crippen molar-refractivity contribution in [1.82, 2.24) is 15.2 Å². The summed E-state index contributed by atoms with van der Waals surface area (Å²) in [5, 5.41) is 7.74. The SMILES string of the molecule is COc1cccc([C@@H](N)c2nc(-c3cccc(Cl)c3)n[nH]2)c1. The molecule has 2 aromatic carbocycles. The molecule has 0 bridgehead atoms. The summed E-state index contributed by atoms with van der Waals surface area (Å²) in [7, 11) is 1.62. The summed E-state index contributed by atoms with van der Waals surface area (Å²) in [6, 6.07) is 14.5. The average Bonchev–Trinajstić information content (AvgIpc) is 3.04. The first-order valence-electron chi connectivity index (χ1n) is 6.75. The van der Waals surface area contributed by atoms with Gasteiger partial charge in [0.1, 0.15) is 11.6 Å². The van der Waals surface area contributed by atoms with Crippen LogP contribution in [0.15, 0.2) is 48.5 Å². The smallest absolute Gasteiger partial charge is 0.181 e. The molecule has 3 aromatic rings. The van der Waals surface area contributed by atoms with Crippen molar-refractivity contribution in [3.05, 3.63) is 64.9 Å². The number of ether oxygens (including phenoxy) is 1. The first-order valence-corrected chi connectivity index (χ1v) is 7.13. The van der Waals surface area contributed by atoms with Crippen LogP contribution in [-0.4, -0.2) is 22.3 Å². The topological polar surface area (TPSA) is 76.8 Å². The van der Waals surface area contributed by atoms with Gasteiger partial charge < -0.3 is 10.5 Å². The monoisotopic (exact) mass is 314 g/mol. The molecular formula is C16H15ClN4O. The van der Waals surface area contributed by atoms with E-state index in [-0.39, 0.29) is 0 Å². The van der Waals surface area contributed by atoms with Gasteiger partial charge in [0, 0.05) is 10.6 Å². The number of aromatic amines is 1. The number of nitrogens with one attached hydrogen (secondary N) is 1. The van der Waals surface area contributed by atoms with Gasteiger partial charge in [0.15, 0.2) is 5.82 Å². The predicted octanol–water partition coefficient (Wildman–Crippen LogP) is 3.18. The Kier molecular flexibility index (Phi) is 4.09. The molecule has 3 N–H and O–H groups in total.